The molecule has 2 aromatic rings. The maximum atomic E-state index is 11.7. The predicted octanol–water partition coefficient (Wildman–Crippen LogP) is 2.78. The molecule has 1 fully saturated rings. The number of hydrogen-bond donors (Lipinski definition) is 2. The number of nitrogens with two attached hydrogens (primary N) is 1. The van der Waals surface area contributed by atoms with Crippen molar-refractivity contribution in [3.63, 3.8) is 0 Å². The molecule has 0 saturated heterocycles. The van der Waals surface area contributed by atoms with E-state index < -0.39 is 25.5 Å². The van der Waals surface area contributed by atoms with E-state index in [0.717, 1.165) is 36.6 Å². The van der Waals surface area contributed by atoms with Gasteiger partial charge in [0, 0.05) is 17.5 Å². The van der Waals surface area contributed by atoms with E-state index in [1.807, 2.05) is 24.3 Å². The molecule has 1 aliphatic rings. The second kappa shape index (κ2) is 7.16. The average Bonchev–Trinajstić information content (AvgIpc) is 2.60. The molecule has 8 nitrogen and oxygen atoms in total. The average molecular weight is 391 g/mol. The molecule has 2 aromatic carbocycles. The lowest BCUT2D eigenvalue weighted by molar-refractivity contribution is -0.386. The van der Waals surface area contributed by atoms with Gasteiger partial charge in [-0.25, -0.2) is 13.6 Å². The van der Waals surface area contributed by atoms with Gasteiger partial charge in [-0.1, -0.05) is 30.7 Å². The first kappa shape index (κ1) is 19.1. The van der Waals surface area contributed by atoms with Crippen molar-refractivity contribution in [3.8, 4) is 5.75 Å². The van der Waals surface area contributed by atoms with E-state index in [1.54, 1.807) is 7.11 Å². The van der Waals surface area contributed by atoms with Crippen molar-refractivity contribution in [2.75, 3.05) is 19.0 Å². The molecule has 0 aromatic heterocycles. The molecule has 0 heterocycles. The Morgan fingerprint density at radius 3 is 2.48 bits per heavy atom. The largest absolute Gasteiger partial charge is 0.496 e. The van der Waals surface area contributed by atoms with Crippen LogP contribution in [0.25, 0.3) is 0 Å². The molecule has 27 heavy (non-hydrogen) atoms. The summed E-state index contributed by atoms with van der Waals surface area (Å²) in [6.45, 7) is 0.419. The van der Waals surface area contributed by atoms with Crippen molar-refractivity contribution in [2.24, 2.45) is 5.14 Å². The fourth-order valence-corrected chi connectivity index (χ4v) is 4.30. The molecular weight excluding hydrogens is 370 g/mol. The summed E-state index contributed by atoms with van der Waals surface area (Å²) >= 11 is 0. The number of nitro benzene ring substituents is 1. The zero-order chi connectivity index (χ0) is 19.7. The number of methoxy groups -OCH3 is 1. The summed E-state index contributed by atoms with van der Waals surface area (Å²) in [4.78, 5) is 10.3. The van der Waals surface area contributed by atoms with Crippen LogP contribution in [0.2, 0.25) is 0 Å². The molecule has 0 atom stereocenters. The Morgan fingerprint density at radius 2 is 1.93 bits per heavy atom. The third kappa shape index (κ3) is 3.60. The van der Waals surface area contributed by atoms with Gasteiger partial charge in [-0.2, -0.15) is 0 Å². The Kier molecular flexibility index (Phi) is 5.07. The lowest BCUT2D eigenvalue weighted by atomic mass is 9.64. The number of nitrogens with zero attached hydrogens (tertiary/aromatic N) is 1. The molecule has 3 rings (SSSR count). The number of nitro groups is 1. The summed E-state index contributed by atoms with van der Waals surface area (Å²) in [5.41, 5.74) is 0.414. The molecule has 0 amide bonds. The van der Waals surface area contributed by atoms with Crippen LogP contribution in [0.4, 0.5) is 11.4 Å². The smallest absolute Gasteiger partial charge is 0.312 e. The summed E-state index contributed by atoms with van der Waals surface area (Å²) in [6.07, 6.45) is 2.85. The molecule has 144 valence electrons. The summed E-state index contributed by atoms with van der Waals surface area (Å²) in [5, 5.41) is 19.7. The van der Waals surface area contributed by atoms with Gasteiger partial charge in [-0.05, 0) is 31.0 Å². The van der Waals surface area contributed by atoms with Gasteiger partial charge in [0.15, 0.2) is 4.90 Å². The highest BCUT2D eigenvalue weighted by atomic mass is 32.2. The van der Waals surface area contributed by atoms with Crippen molar-refractivity contribution in [2.45, 2.75) is 29.6 Å². The first-order valence-electron chi connectivity index (χ1n) is 8.46. The molecule has 0 aliphatic heterocycles. The maximum Gasteiger partial charge on any atom is 0.312 e. The van der Waals surface area contributed by atoms with Crippen LogP contribution in [0.15, 0.2) is 47.4 Å². The van der Waals surface area contributed by atoms with Gasteiger partial charge in [0.2, 0.25) is 10.0 Å². The second-order valence-corrected chi connectivity index (χ2v) is 8.17. The van der Waals surface area contributed by atoms with Gasteiger partial charge in [0.25, 0.3) is 0 Å². The molecule has 0 bridgehead atoms. The number of ether oxygens (including phenoxy) is 1. The highest BCUT2D eigenvalue weighted by Crippen LogP contribution is 2.47. The van der Waals surface area contributed by atoms with Gasteiger partial charge >= 0.3 is 5.69 Å². The third-order valence-electron chi connectivity index (χ3n) is 5.09. The van der Waals surface area contributed by atoms with E-state index in [4.69, 9.17) is 9.88 Å². The predicted molar refractivity (Wildman–Crippen MR) is 101 cm³/mol. The monoisotopic (exact) mass is 391 g/mol. The van der Waals surface area contributed by atoms with Gasteiger partial charge in [0.1, 0.15) is 11.4 Å². The van der Waals surface area contributed by atoms with Crippen molar-refractivity contribution < 1.29 is 18.1 Å². The van der Waals surface area contributed by atoms with Crippen molar-refractivity contribution >= 4 is 21.4 Å². The minimum atomic E-state index is -4.21. The Morgan fingerprint density at radius 1 is 1.22 bits per heavy atom. The van der Waals surface area contributed by atoms with Crippen LogP contribution in [0.5, 0.6) is 5.75 Å². The number of para-hydroxylation sites is 2. The number of hydrogen-bond acceptors (Lipinski definition) is 6. The topological polar surface area (TPSA) is 125 Å². The third-order valence-corrected chi connectivity index (χ3v) is 6.04. The lowest BCUT2D eigenvalue weighted by Gasteiger charge is -2.43. The van der Waals surface area contributed by atoms with Crippen LogP contribution >= 0.6 is 0 Å². The van der Waals surface area contributed by atoms with E-state index in [9.17, 15) is 18.5 Å². The second-order valence-electron chi connectivity index (χ2n) is 6.64. The normalized spacial score (nSPS) is 15.6. The standard InChI is InChI=1S/C18H21N3O5S/c1-26-15-8-3-2-6-13(15)18(10-5-11-18)12-20-14-7-4-9-16(27(19,24)25)17(14)21(22)23/h2-4,6-9,20H,5,10-12H2,1H3,(H2,19,24,25). The number of sulfonamides is 1. The summed E-state index contributed by atoms with van der Waals surface area (Å²) in [6, 6.07) is 11.8. The van der Waals surface area contributed by atoms with Gasteiger partial charge in [-0.15, -0.1) is 0 Å². The van der Waals surface area contributed by atoms with Gasteiger partial charge < -0.3 is 10.1 Å². The molecule has 1 aliphatic carbocycles. The molecule has 1 saturated carbocycles. The minimum Gasteiger partial charge on any atom is -0.496 e. The van der Waals surface area contributed by atoms with Gasteiger partial charge in [-0.3, -0.25) is 10.1 Å². The highest BCUT2D eigenvalue weighted by molar-refractivity contribution is 7.89. The highest BCUT2D eigenvalue weighted by Gasteiger charge is 2.41. The van der Waals surface area contributed by atoms with Crippen LogP contribution in [-0.2, 0) is 15.4 Å². The molecule has 9 heteroatoms. The Hall–Kier alpha value is -2.65. The summed E-state index contributed by atoms with van der Waals surface area (Å²) in [5.74, 6) is 0.770. The number of rotatable bonds is 7. The van der Waals surface area contributed by atoms with E-state index in [0.29, 0.717) is 6.54 Å². The Balaban J connectivity index is 1.96. The van der Waals surface area contributed by atoms with Gasteiger partial charge in [0.05, 0.1) is 12.0 Å². The van der Waals surface area contributed by atoms with E-state index in [-0.39, 0.29) is 11.1 Å². The van der Waals surface area contributed by atoms with Crippen LogP contribution in [0.1, 0.15) is 24.8 Å². The number of anilines is 1. The minimum absolute atomic E-state index is 0.132. The van der Waals surface area contributed by atoms with Crippen LogP contribution in [0.3, 0.4) is 0 Å². The Labute approximate surface area is 157 Å². The fraction of sp³-hybridized carbons (Fsp3) is 0.333. The zero-order valence-electron chi connectivity index (χ0n) is 14.8. The Bertz CT molecular complexity index is 971. The van der Waals surface area contributed by atoms with E-state index >= 15 is 0 Å². The van der Waals surface area contributed by atoms with Crippen LogP contribution in [-0.4, -0.2) is 27.0 Å². The first-order valence-corrected chi connectivity index (χ1v) is 10.0. The molecule has 3 N–H and O–H groups in total. The molecular formula is C18H21N3O5S. The van der Waals surface area contributed by atoms with E-state index in [2.05, 4.69) is 5.32 Å². The van der Waals surface area contributed by atoms with Crippen molar-refractivity contribution in [3.05, 3.63) is 58.1 Å². The number of primary sulfonamides is 1. The van der Waals surface area contributed by atoms with E-state index in [1.165, 1.54) is 12.1 Å². The summed E-state index contributed by atoms with van der Waals surface area (Å²) < 4.78 is 28.9. The van der Waals surface area contributed by atoms with Crippen molar-refractivity contribution in [1.29, 1.82) is 0 Å². The lowest BCUT2D eigenvalue weighted by Crippen LogP contribution is -2.41. The van der Waals surface area contributed by atoms with Crippen molar-refractivity contribution in [1.82, 2.24) is 0 Å². The quantitative estimate of drug-likeness (QED) is 0.552. The molecule has 0 radical (unpaired) electrons. The fourth-order valence-electron chi connectivity index (χ4n) is 3.57. The van der Waals surface area contributed by atoms with Crippen LogP contribution in [0, 0.1) is 10.1 Å². The number of nitrogens with one attached hydrogen (secondary N) is 1. The SMILES string of the molecule is COc1ccccc1C1(CNc2cccc(S(N)(=O)=O)c2[N+](=O)[O-])CCC1. The zero-order valence-corrected chi connectivity index (χ0v) is 15.7. The number of benzene rings is 2. The van der Waals surface area contributed by atoms with Crippen LogP contribution < -0.4 is 15.2 Å². The maximum absolute atomic E-state index is 11.7. The summed E-state index contributed by atoms with van der Waals surface area (Å²) in [7, 11) is -2.60. The molecule has 0 spiro atoms. The first-order chi connectivity index (χ1) is 12.8. The molecule has 0 unspecified atom stereocenters.